The molecule has 0 aromatic heterocycles. The number of rotatable bonds is 9. The van der Waals surface area contributed by atoms with E-state index in [9.17, 15) is 26.4 Å². The van der Waals surface area contributed by atoms with Gasteiger partial charge in [0.15, 0.2) is 6.61 Å². The zero-order valence-electron chi connectivity index (χ0n) is 18.3. The van der Waals surface area contributed by atoms with Gasteiger partial charge in [0, 0.05) is 31.8 Å². The number of halogens is 3. The van der Waals surface area contributed by atoms with Gasteiger partial charge >= 0.3 is 6.18 Å². The predicted octanol–water partition coefficient (Wildman–Crippen LogP) is 2.83. The summed E-state index contributed by atoms with van der Waals surface area (Å²) in [5, 5.41) is 2.70. The molecule has 1 aliphatic rings. The molecule has 8 nitrogen and oxygen atoms in total. The SMILES string of the molecule is COc1cccc(CNC(=O)CONC2=CCN(S(=O)(=O)c3cccc(C(F)(F)F)c3)CC2)c1. The van der Waals surface area contributed by atoms with E-state index < -0.39 is 26.7 Å². The van der Waals surface area contributed by atoms with Crippen LogP contribution in [0.2, 0.25) is 0 Å². The van der Waals surface area contributed by atoms with E-state index in [1.165, 1.54) is 0 Å². The first kappa shape index (κ1) is 25.5. The number of carbonyl (C=O) groups excluding carboxylic acids is 1. The van der Waals surface area contributed by atoms with Gasteiger partial charge in [0.2, 0.25) is 15.9 Å². The van der Waals surface area contributed by atoms with Crippen LogP contribution in [0.1, 0.15) is 17.5 Å². The first-order valence-electron chi connectivity index (χ1n) is 10.2. The Bertz CT molecular complexity index is 1150. The topological polar surface area (TPSA) is 97.0 Å². The third kappa shape index (κ3) is 6.72. The average Bonchev–Trinajstić information content (AvgIpc) is 2.83. The van der Waals surface area contributed by atoms with Crippen LogP contribution in [-0.2, 0) is 32.4 Å². The maximum absolute atomic E-state index is 12.9. The fourth-order valence-electron chi connectivity index (χ4n) is 3.17. The van der Waals surface area contributed by atoms with Crippen LogP contribution in [0.4, 0.5) is 13.2 Å². The molecule has 0 aliphatic carbocycles. The monoisotopic (exact) mass is 499 g/mol. The number of amides is 1. The van der Waals surface area contributed by atoms with Crippen molar-refractivity contribution in [1.82, 2.24) is 15.1 Å². The van der Waals surface area contributed by atoms with E-state index in [0.717, 1.165) is 28.1 Å². The Hall–Kier alpha value is -3.09. The number of methoxy groups -OCH3 is 1. The summed E-state index contributed by atoms with van der Waals surface area (Å²) in [6, 6.07) is 10.9. The molecule has 1 aliphatic heterocycles. The van der Waals surface area contributed by atoms with Crippen molar-refractivity contribution in [1.29, 1.82) is 0 Å². The fraction of sp³-hybridized carbons (Fsp3) is 0.318. The summed E-state index contributed by atoms with van der Waals surface area (Å²) in [6.07, 6.45) is -2.85. The van der Waals surface area contributed by atoms with Gasteiger partial charge in [0.25, 0.3) is 0 Å². The minimum Gasteiger partial charge on any atom is -0.497 e. The lowest BCUT2D eigenvalue weighted by atomic mass is 10.2. The van der Waals surface area contributed by atoms with Gasteiger partial charge in [0.1, 0.15) is 5.75 Å². The Kier molecular flexibility index (Phi) is 8.18. The van der Waals surface area contributed by atoms with Crippen molar-refractivity contribution < 1.29 is 36.0 Å². The summed E-state index contributed by atoms with van der Waals surface area (Å²) in [4.78, 5) is 16.7. The third-order valence-electron chi connectivity index (χ3n) is 5.00. The average molecular weight is 500 g/mol. The molecule has 0 unspecified atom stereocenters. The van der Waals surface area contributed by atoms with Crippen LogP contribution in [-0.4, -0.2) is 45.4 Å². The lowest BCUT2D eigenvalue weighted by molar-refractivity contribution is -0.137. The van der Waals surface area contributed by atoms with E-state index >= 15 is 0 Å². The highest BCUT2D eigenvalue weighted by Crippen LogP contribution is 2.31. The molecule has 2 N–H and O–H groups in total. The molecular formula is C22H24F3N3O5S. The molecule has 12 heteroatoms. The van der Waals surface area contributed by atoms with Crippen molar-refractivity contribution in [3.63, 3.8) is 0 Å². The molecule has 34 heavy (non-hydrogen) atoms. The lowest BCUT2D eigenvalue weighted by Gasteiger charge is -2.26. The minimum absolute atomic E-state index is 0.0445. The molecule has 2 aromatic rings. The van der Waals surface area contributed by atoms with Gasteiger partial charge in [-0.3, -0.25) is 15.1 Å². The number of alkyl halides is 3. The van der Waals surface area contributed by atoms with Crippen LogP contribution in [0.15, 0.2) is 65.2 Å². The standard InChI is InChI=1S/C22H24F3N3O5S/c1-32-19-6-2-4-16(12-19)14-26-21(29)15-33-27-18-8-10-28(11-9-18)34(30,31)20-7-3-5-17(13-20)22(23,24)25/h2-8,12-13,27H,9-11,14-15H2,1H3,(H,26,29). The third-order valence-corrected chi connectivity index (χ3v) is 6.86. The van der Waals surface area contributed by atoms with Crippen LogP contribution in [0, 0.1) is 0 Å². The molecule has 0 saturated heterocycles. The van der Waals surface area contributed by atoms with E-state index in [1.807, 2.05) is 12.1 Å². The van der Waals surface area contributed by atoms with Gasteiger partial charge in [-0.1, -0.05) is 18.2 Å². The van der Waals surface area contributed by atoms with Crippen LogP contribution >= 0.6 is 0 Å². The maximum Gasteiger partial charge on any atom is 0.416 e. The smallest absolute Gasteiger partial charge is 0.416 e. The van der Waals surface area contributed by atoms with E-state index in [-0.39, 0.29) is 32.0 Å². The van der Waals surface area contributed by atoms with E-state index in [1.54, 1.807) is 25.3 Å². The summed E-state index contributed by atoms with van der Waals surface area (Å²) < 4.78 is 70.4. The van der Waals surface area contributed by atoms with Gasteiger partial charge in [-0.15, -0.1) is 0 Å². The van der Waals surface area contributed by atoms with Gasteiger partial charge in [-0.05, 0) is 42.0 Å². The van der Waals surface area contributed by atoms with Crippen LogP contribution in [0.5, 0.6) is 5.75 Å². The molecule has 2 aromatic carbocycles. The zero-order valence-corrected chi connectivity index (χ0v) is 19.1. The van der Waals surface area contributed by atoms with Gasteiger partial charge in [-0.2, -0.15) is 17.5 Å². The van der Waals surface area contributed by atoms with Crippen molar-refractivity contribution in [3.05, 3.63) is 71.4 Å². The van der Waals surface area contributed by atoms with Crippen molar-refractivity contribution in [3.8, 4) is 5.75 Å². The Morgan fingerprint density at radius 3 is 2.59 bits per heavy atom. The Morgan fingerprint density at radius 2 is 1.91 bits per heavy atom. The summed E-state index contributed by atoms with van der Waals surface area (Å²) in [5.41, 5.74) is 3.02. The van der Waals surface area contributed by atoms with Crippen LogP contribution < -0.4 is 15.5 Å². The van der Waals surface area contributed by atoms with Gasteiger partial charge < -0.3 is 10.1 Å². The number of hydrogen-bond donors (Lipinski definition) is 2. The van der Waals surface area contributed by atoms with Gasteiger partial charge in [-0.25, -0.2) is 8.42 Å². The summed E-state index contributed by atoms with van der Waals surface area (Å²) >= 11 is 0. The number of ether oxygens (including phenoxy) is 1. The van der Waals surface area contributed by atoms with Crippen LogP contribution in [0.25, 0.3) is 0 Å². The minimum atomic E-state index is -4.64. The second-order valence-electron chi connectivity index (χ2n) is 7.39. The summed E-state index contributed by atoms with van der Waals surface area (Å²) in [7, 11) is -2.54. The highest BCUT2D eigenvalue weighted by molar-refractivity contribution is 7.89. The Balaban J connectivity index is 1.47. The fourth-order valence-corrected chi connectivity index (χ4v) is 4.60. The number of sulfonamides is 1. The highest BCUT2D eigenvalue weighted by atomic mass is 32.2. The molecule has 0 bridgehead atoms. The number of nitrogens with one attached hydrogen (secondary N) is 2. The molecular weight excluding hydrogens is 475 g/mol. The molecule has 0 saturated carbocycles. The first-order valence-corrected chi connectivity index (χ1v) is 11.7. The molecule has 1 heterocycles. The number of hydroxylamine groups is 1. The van der Waals surface area contributed by atoms with Crippen molar-refractivity contribution in [2.75, 3.05) is 26.8 Å². The van der Waals surface area contributed by atoms with Crippen molar-refractivity contribution in [2.24, 2.45) is 0 Å². The first-order chi connectivity index (χ1) is 16.1. The maximum atomic E-state index is 12.9. The molecule has 184 valence electrons. The zero-order chi connectivity index (χ0) is 24.8. The number of hydrogen-bond acceptors (Lipinski definition) is 6. The molecule has 0 fully saturated rings. The number of nitrogens with zero attached hydrogens (tertiary/aromatic N) is 1. The highest BCUT2D eigenvalue weighted by Gasteiger charge is 2.33. The summed E-state index contributed by atoms with van der Waals surface area (Å²) in [5.74, 6) is 0.318. The predicted molar refractivity (Wildman–Crippen MR) is 117 cm³/mol. The molecule has 1 amide bonds. The largest absolute Gasteiger partial charge is 0.497 e. The second-order valence-corrected chi connectivity index (χ2v) is 9.32. The number of carbonyl (C=O) groups is 1. The van der Waals surface area contributed by atoms with Crippen LogP contribution in [0.3, 0.4) is 0 Å². The van der Waals surface area contributed by atoms with Crippen molar-refractivity contribution >= 4 is 15.9 Å². The quantitative estimate of drug-likeness (QED) is 0.515. The van der Waals surface area contributed by atoms with E-state index in [0.29, 0.717) is 24.1 Å². The van der Waals surface area contributed by atoms with E-state index in [4.69, 9.17) is 9.57 Å². The van der Waals surface area contributed by atoms with Crippen molar-refractivity contribution in [2.45, 2.75) is 24.0 Å². The molecule has 0 spiro atoms. The Labute approximate surface area is 195 Å². The summed E-state index contributed by atoms with van der Waals surface area (Å²) in [6.45, 7) is 0.0210. The molecule has 3 rings (SSSR count). The lowest BCUT2D eigenvalue weighted by Crippen LogP contribution is -2.37. The normalized spacial score (nSPS) is 14.9. The molecule has 0 atom stereocenters. The molecule has 0 radical (unpaired) electrons. The number of benzene rings is 2. The van der Waals surface area contributed by atoms with E-state index in [2.05, 4.69) is 10.8 Å². The Morgan fingerprint density at radius 1 is 1.15 bits per heavy atom. The second kappa shape index (κ2) is 10.9. The van der Waals surface area contributed by atoms with Gasteiger partial charge in [0.05, 0.1) is 17.6 Å².